The fourth-order valence-electron chi connectivity index (χ4n) is 4.26. The monoisotopic (exact) mass is 413 g/mol. The number of hydrogen-bond acceptors (Lipinski definition) is 4. The number of likely N-dealkylation sites (tertiary alicyclic amines) is 1. The molecule has 2 heterocycles. The number of carbonyl (C=O) groups excluding carboxylic acids is 1. The summed E-state index contributed by atoms with van der Waals surface area (Å²) < 4.78 is 5.99. The van der Waals surface area contributed by atoms with Crippen LogP contribution in [-0.2, 0) is 24.4 Å². The number of benzene rings is 2. The SMILES string of the molecule is NC(=O)C1CCN(Cc2ccc3c(c2)CN(Cc2cccc(Cl)c2)CCO3)CC1. The fourth-order valence-corrected chi connectivity index (χ4v) is 4.48. The summed E-state index contributed by atoms with van der Waals surface area (Å²) in [5, 5.41) is 0.774. The summed E-state index contributed by atoms with van der Waals surface area (Å²) in [7, 11) is 0. The third-order valence-electron chi connectivity index (χ3n) is 5.88. The van der Waals surface area contributed by atoms with E-state index in [4.69, 9.17) is 22.1 Å². The van der Waals surface area contributed by atoms with E-state index < -0.39 is 0 Å². The maximum atomic E-state index is 11.4. The van der Waals surface area contributed by atoms with E-state index in [9.17, 15) is 4.79 Å². The van der Waals surface area contributed by atoms with E-state index in [2.05, 4.69) is 34.1 Å². The Labute approximate surface area is 177 Å². The van der Waals surface area contributed by atoms with Crippen LogP contribution in [0.4, 0.5) is 0 Å². The average molecular weight is 414 g/mol. The minimum atomic E-state index is -0.161. The van der Waals surface area contributed by atoms with E-state index in [1.165, 1.54) is 16.7 Å². The predicted octanol–water partition coefficient (Wildman–Crippen LogP) is 3.43. The molecule has 0 spiro atoms. The van der Waals surface area contributed by atoms with Crippen molar-refractivity contribution in [2.45, 2.75) is 32.5 Å². The second-order valence-electron chi connectivity index (χ2n) is 8.08. The van der Waals surface area contributed by atoms with Crippen molar-refractivity contribution < 1.29 is 9.53 Å². The molecule has 2 aromatic rings. The summed E-state index contributed by atoms with van der Waals surface area (Å²) in [6.07, 6.45) is 1.72. The molecule has 0 radical (unpaired) electrons. The van der Waals surface area contributed by atoms with Crippen LogP contribution in [0.15, 0.2) is 42.5 Å². The number of hydrogen-bond donors (Lipinski definition) is 1. The molecule has 2 aromatic carbocycles. The van der Waals surface area contributed by atoms with E-state index in [1.807, 2.05) is 18.2 Å². The van der Waals surface area contributed by atoms with Gasteiger partial charge in [-0.15, -0.1) is 0 Å². The Morgan fingerprint density at radius 3 is 2.55 bits per heavy atom. The minimum absolute atomic E-state index is 0.0340. The Morgan fingerprint density at radius 2 is 1.79 bits per heavy atom. The molecule has 5 nitrogen and oxygen atoms in total. The summed E-state index contributed by atoms with van der Waals surface area (Å²) in [6.45, 7) is 6.02. The molecule has 0 atom stereocenters. The van der Waals surface area contributed by atoms with Gasteiger partial charge in [-0.1, -0.05) is 29.8 Å². The van der Waals surface area contributed by atoms with Crippen molar-refractivity contribution in [1.82, 2.24) is 9.80 Å². The second kappa shape index (κ2) is 9.16. The number of nitrogens with two attached hydrogens (primary N) is 1. The van der Waals surface area contributed by atoms with E-state index in [0.717, 1.165) is 62.9 Å². The largest absolute Gasteiger partial charge is 0.492 e. The highest BCUT2D eigenvalue weighted by molar-refractivity contribution is 6.30. The number of rotatable bonds is 5. The number of primary amides is 1. The first-order chi connectivity index (χ1) is 14.1. The summed E-state index contributed by atoms with van der Waals surface area (Å²) in [5.74, 6) is 0.855. The van der Waals surface area contributed by atoms with Crippen LogP contribution >= 0.6 is 11.6 Å². The first kappa shape index (κ1) is 20.2. The van der Waals surface area contributed by atoms with Crippen molar-refractivity contribution in [3.8, 4) is 5.75 Å². The highest BCUT2D eigenvalue weighted by Crippen LogP contribution is 2.27. The molecule has 2 aliphatic heterocycles. The molecule has 1 saturated heterocycles. The van der Waals surface area contributed by atoms with Crippen LogP contribution in [0, 0.1) is 5.92 Å². The van der Waals surface area contributed by atoms with Crippen molar-refractivity contribution in [1.29, 1.82) is 0 Å². The third kappa shape index (κ3) is 5.30. The lowest BCUT2D eigenvalue weighted by Crippen LogP contribution is -2.38. The summed E-state index contributed by atoms with van der Waals surface area (Å²) in [6, 6.07) is 14.6. The summed E-state index contributed by atoms with van der Waals surface area (Å²) in [5.41, 5.74) is 9.18. The van der Waals surface area contributed by atoms with Gasteiger partial charge in [0.25, 0.3) is 0 Å². The zero-order valence-electron chi connectivity index (χ0n) is 16.6. The van der Waals surface area contributed by atoms with Crippen molar-refractivity contribution in [2.75, 3.05) is 26.2 Å². The van der Waals surface area contributed by atoms with Crippen molar-refractivity contribution >= 4 is 17.5 Å². The first-order valence-electron chi connectivity index (χ1n) is 10.3. The Kier molecular flexibility index (Phi) is 6.38. The van der Waals surface area contributed by atoms with E-state index in [1.54, 1.807) is 0 Å². The Hall–Kier alpha value is -2.08. The van der Waals surface area contributed by atoms with Gasteiger partial charge in [-0.25, -0.2) is 0 Å². The topological polar surface area (TPSA) is 58.8 Å². The number of ether oxygens (including phenoxy) is 1. The van der Waals surface area contributed by atoms with Gasteiger partial charge in [0.2, 0.25) is 5.91 Å². The van der Waals surface area contributed by atoms with Gasteiger partial charge in [-0.3, -0.25) is 14.6 Å². The normalized spacial score (nSPS) is 18.7. The molecule has 2 aliphatic rings. The Morgan fingerprint density at radius 1 is 1.03 bits per heavy atom. The number of carbonyl (C=O) groups is 1. The van der Waals surface area contributed by atoms with Crippen LogP contribution in [0.25, 0.3) is 0 Å². The van der Waals surface area contributed by atoms with E-state index in [0.29, 0.717) is 6.61 Å². The van der Waals surface area contributed by atoms with Crippen molar-refractivity contribution in [2.24, 2.45) is 11.7 Å². The molecule has 0 unspecified atom stereocenters. The lowest BCUT2D eigenvalue weighted by molar-refractivity contribution is -0.123. The quantitative estimate of drug-likeness (QED) is 0.815. The number of piperidine rings is 1. The van der Waals surface area contributed by atoms with Crippen LogP contribution in [0.2, 0.25) is 5.02 Å². The predicted molar refractivity (Wildman–Crippen MR) is 115 cm³/mol. The van der Waals surface area contributed by atoms with Gasteiger partial charge in [-0.2, -0.15) is 0 Å². The van der Waals surface area contributed by atoms with Gasteiger partial charge in [0.05, 0.1) is 0 Å². The zero-order valence-corrected chi connectivity index (χ0v) is 17.4. The summed E-state index contributed by atoms with van der Waals surface area (Å²) in [4.78, 5) is 16.2. The van der Waals surface area contributed by atoms with Crippen LogP contribution in [0.5, 0.6) is 5.75 Å². The second-order valence-corrected chi connectivity index (χ2v) is 8.52. The average Bonchev–Trinajstić information content (AvgIpc) is 2.89. The van der Waals surface area contributed by atoms with Gasteiger partial charge in [0.1, 0.15) is 12.4 Å². The Balaban J connectivity index is 1.41. The number of fused-ring (bicyclic) bond motifs is 1. The molecule has 154 valence electrons. The molecule has 4 rings (SSSR count). The molecular formula is C23H28ClN3O2. The van der Waals surface area contributed by atoms with Gasteiger partial charge < -0.3 is 10.5 Å². The Bertz CT molecular complexity index is 865. The maximum absolute atomic E-state index is 11.4. The van der Waals surface area contributed by atoms with E-state index >= 15 is 0 Å². The lowest BCUT2D eigenvalue weighted by atomic mass is 9.96. The van der Waals surface area contributed by atoms with Gasteiger partial charge >= 0.3 is 0 Å². The highest BCUT2D eigenvalue weighted by atomic mass is 35.5. The molecule has 2 N–H and O–H groups in total. The molecule has 0 bridgehead atoms. The van der Waals surface area contributed by atoms with Crippen LogP contribution in [0.3, 0.4) is 0 Å². The van der Waals surface area contributed by atoms with Crippen molar-refractivity contribution in [3.05, 3.63) is 64.2 Å². The number of nitrogens with zero attached hydrogens (tertiary/aromatic N) is 2. The van der Waals surface area contributed by atoms with Crippen LogP contribution in [-0.4, -0.2) is 41.9 Å². The van der Waals surface area contributed by atoms with Crippen LogP contribution < -0.4 is 10.5 Å². The minimum Gasteiger partial charge on any atom is -0.492 e. The van der Waals surface area contributed by atoms with Crippen LogP contribution in [0.1, 0.15) is 29.5 Å². The molecule has 0 saturated carbocycles. The molecule has 0 aliphatic carbocycles. The number of halogens is 1. The molecule has 0 aromatic heterocycles. The molecule has 29 heavy (non-hydrogen) atoms. The molecular weight excluding hydrogens is 386 g/mol. The number of amides is 1. The standard InChI is InChI=1S/C23H28ClN3O2/c24-21-3-1-2-17(13-21)15-27-10-11-29-22-5-4-18(12-20(22)16-27)14-26-8-6-19(7-9-26)23(25)28/h1-5,12-13,19H,6-11,14-16H2,(H2,25,28). The third-order valence-corrected chi connectivity index (χ3v) is 6.11. The summed E-state index contributed by atoms with van der Waals surface area (Å²) >= 11 is 6.14. The maximum Gasteiger partial charge on any atom is 0.220 e. The molecule has 1 fully saturated rings. The first-order valence-corrected chi connectivity index (χ1v) is 10.7. The lowest BCUT2D eigenvalue weighted by Gasteiger charge is -2.30. The van der Waals surface area contributed by atoms with Gasteiger partial charge in [-0.05, 0) is 61.3 Å². The van der Waals surface area contributed by atoms with Crippen molar-refractivity contribution in [3.63, 3.8) is 0 Å². The van der Waals surface area contributed by atoms with E-state index in [-0.39, 0.29) is 11.8 Å². The molecule has 6 heteroatoms. The van der Waals surface area contributed by atoms with Gasteiger partial charge in [0.15, 0.2) is 0 Å². The highest BCUT2D eigenvalue weighted by Gasteiger charge is 2.23. The molecule has 1 amide bonds. The zero-order chi connectivity index (χ0) is 20.2. The fraction of sp³-hybridized carbons (Fsp3) is 0.435. The van der Waals surface area contributed by atoms with Gasteiger partial charge in [0, 0.05) is 42.7 Å². The smallest absolute Gasteiger partial charge is 0.220 e.